The van der Waals surface area contributed by atoms with Gasteiger partial charge in [0, 0.05) is 5.88 Å². The Morgan fingerprint density at radius 1 is 1.21 bits per heavy atom. The van der Waals surface area contributed by atoms with Gasteiger partial charge in [0.25, 0.3) is 0 Å². The summed E-state index contributed by atoms with van der Waals surface area (Å²) in [5.74, 6) is 0.783. The van der Waals surface area contributed by atoms with E-state index < -0.39 is 9.04 Å². The van der Waals surface area contributed by atoms with Crippen LogP contribution in [-0.2, 0) is 4.43 Å². The van der Waals surface area contributed by atoms with Gasteiger partial charge in [-0.1, -0.05) is 19.3 Å². The number of alkyl halides is 1. The molecule has 84 valence electrons. The molecule has 0 aromatic heterocycles. The maximum Gasteiger partial charge on any atom is 0.171 e. The summed E-state index contributed by atoms with van der Waals surface area (Å²) in [4.78, 5) is 0. The maximum absolute atomic E-state index is 6.26. The van der Waals surface area contributed by atoms with Crippen LogP contribution in [0, 0.1) is 0 Å². The summed E-state index contributed by atoms with van der Waals surface area (Å²) in [5.41, 5.74) is 0.230. The van der Waals surface area contributed by atoms with Gasteiger partial charge in [0.15, 0.2) is 9.04 Å². The van der Waals surface area contributed by atoms with E-state index in [0.29, 0.717) is 0 Å². The van der Waals surface area contributed by atoms with Crippen molar-refractivity contribution in [2.45, 2.75) is 63.6 Å². The molecule has 1 saturated carbocycles. The molecule has 1 aliphatic rings. The second-order valence-corrected chi connectivity index (χ2v) is 7.41. The molecule has 0 saturated heterocycles. The first-order chi connectivity index (χ1) is 6.68. The van der Waals surface area contributed by atoms with Crippen molar-refractivity contribution < 1.29 is 4.43 Å². The van der Waals surface area contributed by atoms with Crippen LogP contribution in [0.3, 0.4) is 0 Å². The van der Waals surface area contributed by atoms with E-state index in [4.69, 9.17) is 16.0 Å². The van der Waals surface area contributed by atoms with Crippen molar-refractivity contribution in [3.05, 3.63) is 0 Å². The molecule has 0 bridgehead atoms. The van der Waals surface area contributed by atoms with E-state index in [1.165, 1.54) is 38.5 Å². The zero-order valence-corrected chi connectivity index (χ0v) is 11.4. The Balaban J connectivity index is 2.47. The Hall–Kier alpha value is 0.467. The highest BCUT2D eigenvalue weighted by Gasteiger charge is 2.32. The average Bonchev–Trinajstić information content (AvgIpc) is 2.15. The fraction of sp³-hybridized carbons (Fsp3) is 1.00. The third kappa shape index (κ3) is 3.91. The number of hydrogen-bond donors (Lipinski definition) is 0. The van der Waals surface area contributed by atoms with Gasteiger partial charge in [-0.2, -0.15) is 0 Å². The van der Waals surface area contributed by atoms with Crippen LogP contribution in [0.5, 0.6) is 0 Å². The molecular formula is C11H23ClOSi. The van der Waals surface area contributed by atoms with Crippen molar-refractivity contribution >= 4 is 20.6 Å². The largest absolute Gasteiger partial charge is 0.415 e. The third-order valence-corrected chi connectivity index (χ3v) is 4.26. The summed E-state index contributed by atoms with van der Waals surface area (Å²) >= 11 is 5.78. The molecule has 14 heavy (non-hydrogen) atoms. The first kappa shape index (κ1) is 12.5. The summed E-state index contributed by atoms with van der Waals surface area (Å²) in [5, 5.41) is 0. The maximum atomic E-state index is 6.26. The van der Waals surface area contributed by atoms with Crippen molar-refractivity contribution in [1.29, 1.82) is 0 Å². The average molecular weight is 235 g/mol. The van der Waals surface area contributed by atoms with Gasteiger partial charge in [0.2, 0.25) is 0 Å². The lowest BCUT2D eigenvalue weighted by molar-refractivity contribution is 0.0201. The first-order valence-electron chi connectivity index (χ1n) is 5.92. The number of hydrogen-bond acceptors (Lipinski definition) is 1. The lowest BCUT2D eigenvalue weighted by Crippen LogP contribution is -2.38. The molecular weight excluding hydrogens is 212 g/mol. The summed E-state index contributed by atoms with van der Waals surface area (Å²) in [6.07, 6.45) is 8.94. The molecule has 0 aromatic rings. The Labute approximate surface area is 94.9 Å². The van der Waals surface area contributed by atoms with Crippen LogP contribution in [-0.4, -0.2) is 20.5 Å². The minimum Gasteiger partial charge on any atom is -0.415 e. The van der Waals surface area contributed by atoms with E-state index in [1.54, 1.807) is 0 Å². The van der Waals surface area contributed by atoms with E-state index >= 15 is 0 Å². The smallest absolute Gasteiger partial charge is 0.171 e. The van der Waals surface area contributed by atoms with Gasteiger partial charge in [-0.15, -0.1) is 11.6 Å². The molecule has 0 aliphatic heterocycles. The molecule has 1 nitrogen and oxygen atoms in total. The van der Waals surface area contributed by atoms with Crippen molar-refractivity contribution in [3.63, 3.8) is 0 Å². The molecule has 0 atom stereocenters. The van der Waals surface area contributed by atoms with Gasteiger partial charge >= 0.3 is 0 Å². The fourth-order valence-electron chi connectivity index (χ4n) is 2.51. The molecule has 0 radical (unpaired) electrons. The first-order valence-corrected chi connectivity index (χ1v) is 9.24. The zero-order valence-electron chi connectivity index (χ0n) is 9.52. The second kappa shape index (κ2) is 6.14. The third-order valence-electron chi connectivity index (χ3n) is 3.02. The van der Waals surface area contributed by atoms with Crippen LogP contribution in [0.2, 0.25) is 13.1 Å². The van der Waals surface area contributed by atoms with Crippen LogP contribution < -0.4 is 0 Å². The predicted octanol–water partition coefficient (Wildman–Crippen LogP) is 3.71. The summed E-state index contributed by atoms with van der Waals surface area (Å²) in [6, 6.07) is 0. The predicted molar refractivity (Wildman–Crippen MR) is 65.7 cm³/mol. The SMILES string of the molecule is C[SiH](C)OC1(CCCCl)CCCCC1. The Morgan fingerprint density at radius 3 is 2.36 bits per heavy atom. The molecule has 1 aliphatic carbocycles. The van der Waals surface area contributed by atoms with Gasteiger partial charge in [0.1, 0.15) is 0 Å². The number of rotatable bonds is 5. The lowest BCUT2D eigenvalue weighted by atomic mass is 9.82. The van der Waals surface area contributed by atoms with E-state index in [1.807, 2.05) is 0 Å². The molecule has 0 N–H and O–H groups in total. The minimum atomic E-state index is -0.897. The van der Waals surface area contributed by atoms with Gasteiger partial charge in [-0.25, -0.2) is 0 Å². The minimum absolute atomic E-state index is 0.230. The topological polar surface area (TPSA) is 9.23 Å². The highest BCUT2D eigenvalue weighted by Crippen LogP contribution is 2.36. The summed E-state index contributed by atoms with van der Waals surface area (Å²) < 4.78 is 6.26. The number of halogens is 1. The molecule has 0 aromatic carbocycles. The van der Waals surface area contributed by atoms with Crippen molar-refractivity contribution in [2.24, 2.45) is 0 Å². The summed E-state index contributed by atoms with van der Waals surface area (Å²) in [7, 11) is -0.897. The van der Waals surface area contributed by atoms with Gasteiger partial charge in [0.05, 0.1) is 5.60 Å². The fourth-order valence-corrected chi connectivity index (χ4v) is 4.00. The second-order valence-electron chi connectivity index (χ2n) is 4.70. The Morgan fingerprint density at radius 2 is 1.86 bits per heavy atom. The standard InChI is InChI=1S/C11H23ClOSi/c1-14(2)13-11(9-6-10-12)7-4-3-5-8-11/h14H,3-10H2,1-2H3. The van der Waals surface area contributed by atoms with Crippen LogP contribution in [0.4, 0.5) is 0 Å². The van der Waals surface area contributed by atoms with E-state index in [0.717, 1.165) is 12.3 Å². The van der Waals surface area contributed by atoms with Gasteiger partial charge < -0.3 is 4.43 Å². The molecule has 0 unspecified atom stereocenters. The summed E-state index contributed by atoms with van der Waals surface area (Å²) in [6.45, 7) is 4.55. The molecule has 1 fully saturated rings. The molecule has 1 rings (SSSR count). The normalized spacial score (nSPS) is 21.4. The quantitative estimate of drug-likeness (QED) is 0.521. The molecule has 0 amide bonds. The van der Waals surface area contributed by atoms with E-state index in [2.05, 4.69) is 13.1 Å². The van der Waals surface area contributed by atoms with Gasteiger partial charge in [-0.05, 0) is 38.8 Å². The highest BCUT2D eigenvalue weighted by atomic mass is 35.5. The Bertz CT molecular complexity index is 155. The zero-order chi connectivity index (χ0) is 10.4. The molecule has 3 heteroatoms. The van der Waals surface area contributed by atoms with Crippen LogP contribution in [0.25, 0.3) is 0 Å². The van der Waals surface area contributed by atoms with Crippen LogP contribution in [0.15, 0.2) is 0 Å². The molecule has 0 spiro atoms. The Kier molecular flexibility index (Phi) is 5.50. The van der Waals surface area contributed by atoms with E-state index in [9.17, 15) is 0 Å². The van der Waals surface area contributed by atoms with Gasteiger partial charge in [-0.3, -0.25) is 0 Å². The highest BCUT2D eigenvalue weighted by molar-refractivity contribution is 6.48. The van der Waals surface area contributed by atoms with Crippen LogP contribution >= 0.6 is 11.6 Å². The van der Waals surface area contributed by atoms with E-state index in [-0.39, 0.29) is 5.60 Å². The lowest BCUT2D eigenvalue weighted by Gasteiger charge is -2.39. The molecule has 0 heterocycles. The van der Waals surface area contributed by atoms with Crippen molar-refractivity contribution in [2.75, 3.05) is 5.88 Å². The van der Waals surface area contributed by atoms with Crippen molar-refractivity contribution in [1.82, 2.24) is 0 Å². The monoisotopic (exact) mass is 234 g/mol. The van der Waals surface area contributed by atoms with Crippen molar-refractivity contribution in [3.8, 4) is 0 Å². The van der Waals surface area contributed by atoms with Crippen LogP contribution in [0.1, 0.15) is 44.9 Å².